The van der Waals surface area contributed by atoms with Gasteiger partial charge in [0.1, 0.15) is 0 Å². The van der Waals surface area contributed by atoms with Gasteiger partial charge in [-0.2, -0.15) is 11.8 Å². The maximum atomic E-state index is 12.6. The molecule has 0 aromatic heterocycles. The predicted octanol–water partition coefficient (Wildman–Crippen LogP) is 5.90. The number of hydrogen-bond acceptors (Lipinski definition) is 2. The first kappa shape index (κ1) is 16.6. The maximum Gasteiger partial charge on any atom is 0.195 e. The second-order valence-corrected chi connectivity index (χ2v) is 7.30. The Hall–Kier alpha value is -0.770. The standard InChI is InChI=1S/C17H16BrClOS/c1-3-21-10-12-5-7-13(15(18)9-12)17(20)14-6-4-11(2)8-16(14)19/h4-9H,3,10H2,1-2H3. The number of hydrogen-bond donors (Lipinski definition) is 0. The second-order valence-electron chi connectivity index (χ2n) is 4.76. The molecule has 0 N–H and O–H groups in total. The largest absolute Gasteiger partial charge is 0.289 e. The van der Waals surface area contributed by atoms with Crippen LogP contribution in [0.5, 0.6) is 0 Å². The van der Waals surface area contributed by atoms with Crippen LogP contribution in [0.1, 0.15) is 34.0 Å². The van der Waals surface area contributed by atoms with Crippen molar-refractivity contribution in [3.05, 3.63) is 68.1 Å². The Kier molecular flexibility index (Phi) is 5.91. The van der Waals surface area contributed by atoms with E-state index < -0.39 is 0 Å². The third kappa shape index (κ3) is 4.12. The third-order valence-electron chi connectivity index (χ3n) is 3.12. The van der Waals surface area contributed by atoms with Crippen LogP contribution < -0.4 is 0 Å². The number of rotatable bonds is 5. The molecule has 0 amide bonds. The lowest BCUT2D eigenvalue weighted by Gasteiger charge is -2.08. The van der Waals surface area contributed by atoms with E-state index in [1.807, 2.05) is 49.0 Å². The summed E-state index contributed by atoms with van der Waals surface area (Å²) >= 11 is 11.5. The molecule has 2 aromatic rings. The summed E-state index contributed by atoms with van der Waals surface area (Å²) in [6.07, 6.45) is 0. The third-order valence-corrected chi connectivity index (χ3v) is 5.03. The number of thioether (sulfide) groups is 1. The molecule has 1 nitrogen and oxygen atoms in total. The van der Waals surface area contributed by atoms with Crippen LogP contribution in [-0.4, -0.2) is 11.5 Å². The quantitative estimate of drug-likeness (QED) is 0.598. The van der Waals surface area contributed by atoms with Crippen molar-refractivity contribution in [3.8, 4) is 0 Å². The molecule has 0 aliphatic heterocycles. The van der Waals surface area contributed by atoms with Gasteiger partial charge in [0.15, 0.2) is 5.78 Å². The molecule has 2 aromatic carbocycles. The minimum atomic E-state index is -0.0541. The first-order valence-electron chi connectivity index (χ1n) is 6.70. The van der Waals surface area contributed by atoms with Gasteiger partial charge >= 0.3 is 0 Å². The summed E-state index contributed by atoms with van der Waals surface area (Å²) in [4.78, 5) is 12.6. The fourth-order valence-corrected chi connectivity index (χ4v) is 3.55. The molecule has 0 saturated carbocycles. The van der Waals surface area contributed by atoms with Crippen LogP contribution in [0.25, 0.3) is 0 Å². The molecule has 0 radical (unpaired) electrons. The molecule has 0 aliphatic rings. The van der Waals surface area contributed by atoms with Crippen LogP contribution in [0.4, 0.5) is 0 Å². The molecule has 21 heavy (non-hydrogen) atoms. The van der Waals surface area contributed by atoms with Gasteiger partial charge in [-0.15, -0.1) is 0 Å². The van der Waals surface area contributed by atoms with Crippen molar-refractivity contribution in [2.24, 2.45) is 0 Å². The van der Waals surface area contributed by atoms with Crippen molar-refractivity contribution in [2.75, 3.05) is 5.75 Å². The highest BCUT2D eigenvalue weighted by Gasteiger charge is 2.16. The minimum absolute atomic E-state index is 0.0541. The molecule has 0 atom stereocenters. The molecule has 110 valence electrons. The van der Waals surface area contributed by atoms with Crippen LogP contribution in [0.3, 0.4) is 0 Å². The van der Waals surface area contributed by atoms with E-state index in [4.69, 9.17) is 11.6 Å². The molecule has 0 aliphatic carbocycles. The summed E-state index contributed by atoms with van der Waals surface area (Å²) in [6.45, 7) is 4.09. The topological polar surface area (TPSA) is 17.1 Å². The molecule has 0 fully saturated rings. The first-order chi connectivity index (χ1) is 10.0. The first-order valence-corrected chi connectivity index (χ1v) is 9.02. The van der Waals surface area contributed by atoms with Gasteiger partial charge in [-0.25, -0.2) is 0 Å². The Bertz CT molecular complexity index is 670. The second kappa shape index (κ2) is 7.48. The minimum Gasteiger partial charge on any atom is -0.289 e. The van der Waals surface area contributed by atoms with Gasteiger partial charge in [-0.3, -0.25) is 4.79 Å². The number of ketones is 1. The van der Waals surface area contributed by atoms with Crippen LogP contribution >= 0.6 is 39.3 Å². The van der Waals surface area contributed by atoms with Crippen molar-refractivity contribution >= 4 is 45.1 Å². The van der Waals surface area contributed by atoms with Crippen LogP contribution in [0, 0.1) is 6.92 Å². The zero-order valence-electron chi connectivity index (χ0n) is 12.0. The maximum absolute atomic E-state index is 12.6. The summed E-state index contributed by atoms with van der Waals surface area (Å²) in [5, 5.41) is 0.498. The molecular weight excluding hydrogens is 368 g/mol. The van der Waals surface area contributed by atoms with E-state index in [0.717, 1.165) is 21.5 Å². The van der Waals surface area contributed by atoms with Crippen molar-refractivity contribution in [1.82, 2.24) is 0 Å². The van der Waals surface area contributed by atoms with Crippen molar-refractivity contribution in [2.45, 2.75) is 19.6 Å². The van der Waals surface area contributed by atoms with Gasteiger partial charge in [-0.1, -0.05) is 46.6 Å². The summed E-state index contributed by atoms with van der Waals surface area (Å²) in [5.74, 6) is 1.98. The molecular formula is C17H16BrClOS. The van der Waals surface area contributed by atoms with Crippen molar-refractivity contribution in [3.63, 3.8) is 0 Å². The van der Waals surface area contributed by atoms with Gasteiger partial charge < -0.3 is 0 Å². The van der Waals surface area contributed by atoms with E-state index >= 15 is 0 Å². The van der Waals surface area contributed by atoms with Crippen LogP contribution in [0.2, 0.25) is 5.02 Å². The molecule has 0 heterocycles. The molecule has 0 spiro atoms. The Morgan fingerprint density at radius 1 is 1.19 bits per heavy atom. The molecule has 0 bridgehead atoms. The van der Waals surface area contributed by atoms with Gasteiger partial charge in [0.2, 0.25) is 0 Å². The highest BCUT2D eigenvalue weighted by Crippen LogP contribution is 2.27. The number of carbonyl (C=O) groups is 1. The van der Waals surface area contributed by atoms with Crippen LogP contribution in [0.15, 0.2) is 40.9 Å². The zero-order valence-corrected chi connectivity index (χ0v) is 15.1. The lowest BCUT2D eigenvalue weighted by molar-refractivity contribution is 0.103. The van der Waals surface area contributed by atoms with Gasteiger partial charge in [0.05, 0.1) is 5.02 Å². The fourth-order valence-electron chi connectivity index (χ4n) is 2.00. The monoisotopic (exact) mass is 382 g/mol. The van der Waals surface area contributed by atoms with E-state index in [1.165, 1.54) is 5.56 Å². The Morgan fingerprint density at radius 3 is 2.52 bits per heavy atom. The van der Waals surface area contributed by atoms with Crippen molar-refractivity contribution < 1.29 is 4.79 Å². The predicted molar refractivity (Wildman–Crippen MR) is 95.6 cm³/mol. The molecule has 0 saturated heterocycles. The Morgan fingerprint density at radius 2 is 1.90 bits per heavy atom. The Labute approximate surface area is 143 Å². The highest BCUT2D eigenvalue weighted by atomic mass is 79.9. The van der Waals surface area contributed by atoms with Crippen molar-refractivity contribution in [1.29, 1.82) is 0 Å². The zero-order chi connectivity index (χ0) is 15.4. The number of aryl methyl sites for hydroxylation is 1. The fraction of sp³-hybridized carbons (Fsp3) is 0.235. The van der Waals surface area contributed by atoms with Gasteiger partial charge in [-0.05, 0) is 48.1 Å². The lowest BCUT2D eigenvalue weighted by Crippen LogP contribution is -2.04. The van der Waals surface area contributed by atoms with E-state index in [2.05, 4.69) is 22.9 Å². The number of carbonyl (C=O) groups excluding carboxylic acids is 1. The van der Waals surface area contributed by atoms with Gasteiger partial charge in [0, 0.05) is 21.4 Å². The SMILES string of the molecule is CCSCc1ccc(C(=O)c2ccc(C)cc2Cl)c(Br)c1. The summed E-state index contributed by atoms with van der Waals surface area (Å²) < 4.78 is 0.818. The normalized spacial score (nSPS) is 10.7. The van der Waals surface area contributed by atoms with E-state index in [-0.39, 0.29) is 5.78 Å². The average Bonchev–Trinajstić information content (AvgIpc) is 2.44. The van der Waals surface area contributed by atoms with E-state index in [1.54, 1.807) is 6.07 Å². The summed E-state index contributed by atoms with van der Waals surface area (Å²) in [7, 11) is 0. The molecule has 0 unspecified atom stereocenters. The average molecular weight is 384 g/mol. The number of halogens is 2. The van der Waals surface area contributed by atoms with Crippen LogP contribution in [-0.2, 0) is 5.75 Å². The summed E-state index contributed by atoms with van der Waals surface area (Å²) in [5.41, 5.74) is 3.44. The van der Waals surface area contributed by atoms with Gasteiger partial charge in [0.25, 0.3) is 0 Å². The highest BCUT2D eigenvalue weighted by molar-refractivity contribution is 9.10. The van der Waals surface area contributed by atoms with E-state index in [0.29, 0.717) is 16.1 Å². The lowest BCUT2D eigenvalue weighted by atomic mass is 10.0. The Balaban J connectivity index is 2.31. The molecule has 4 heteroatoms. The summed E-state index contributed by atoms with van der Waals surface area (Å²) in [6, 6.07) is 11.4. The number of benzene rings is 2. The smallest absolute Gasteiger partial charge is 0.195 e. The van der Waals surface area contributed by atoms with E-state index in [9.17, 15) is 4.79 Å². The molecule has 2 rings (SSSR count).